The molecule has 0 spiro atoms. The Morgan fingerprint density at radius 3 is 2.40 bits per heavy atom. The lowest BCUT2D eigenvalue weighted by atomic mass is 10.1. The molecule has 84 valence electrons. The lowest BCUT2D eigenvalue weighted by molar-refractivity contribution is 0.494. The van der Waals surface area contributed by atoms with E-state index in [4.69, 9.17) is 5.73 Å². The minimum Gasteiger partial charge on any atom is -0.330 e. The van der Waals surface area contributed by atoms with Crippen LogP contribution in [-0.4, -0.2) is 21.2 Å². The zero-order valence-corrected chi connectivity index (χ0v) is 8.94. The fourth-order valence-electron chi connectivity index (χ4n) is 1.17. The van der Waals surface area contributed by atoms with Crippen LogP contribution in [0.4, 0.5) is 8.78 Å². The van der Waals surface area contributed by atoms with Crippen LogP contribution in [0, 0.1) is 11.6 Å². The van der Waals surface area contributed by atoms with Gasteiger partial charge < -0.3 is 5.73 Å². The van der Waals surface area contributed by atoms with Gasteiger partial charge in [0, 0.05) is 6.26 Å². The SMILES string of the molecule is CS(=O)(=O)c1cc(F)c(F)c(CCN)c1. The molecule has 0 aromatic heterocycles. The van der Waals surface area contributed by atoms with E-state index >= 15 is 0 Å². The second-order valence-corrected chi connectivity index (χ2v) is 5.20. The number of sulfone groups is 1. The third-order valence-electron chi connectivity index (χ3n) is 1.92. The van der Waals surface area contributed by atoms with Crippen LogP contribution in [0.5, 0.6) is 0 Å². The Hall–Kier alpha value is -1.01. The first-order valence-corrected chi connectivity index (χ1v) is 6.13. The van der Waals surface area contributed by atoms with Crippen molar-refractivity contribution in [2.75, 3.05) is 12.8 Å². The maximum Gasteiger partial charge on any atom is 0.175 e. The summed E-state index contributed by atoms with van der Waals surface area (Å²) in [5, 5.41) is 0. The molecular weight excluding hydrogens is 224 g/mol. The van der Waals surface area contributed by atoms with Gasteiger partial charge in [0.05, 0.1) is 4.90 Å². The summed E-state index contributed by atoms with van der Waals surface area (Å²) in [6.07, 6.45) is 1.04. The van der Waals surface area contributed by atoms with Crippen molar-refractivity contribution in [2.45, 2.75) is 11.3 Å². The summed E-state index contributed by atoms with van der Waals surface area (Å²) in [4.78, 5) is -0.232. The molecular formula is C9H11F2NO2S. The highest BCUT2D eigenvalue weighted by Crippen LogP contribution is 2.18. The zero-order chi connectivity index (χ0) is 11.6. The molecule has 2 N–H and O–H groups in total. The zero-order valence-electron chi connectivity index (χ0n) is 8.13. The van der Waals surface area contributed by atoms with Gasteiger partial charge in [-0.3, -0.25) is 0 Å². The molecule has 0 aliphatic heterocycles. The van der Waals surface area contributed by atoms with Crippen LogP contribution in [0.25, 0.3) is 0 Å². The molecule has 0 fully saturated rings. The van der Waals surface area contributed by atoms with Gasteiger partial charge in [-0.2, -0.15) is 0 Å². The van der Waals surface area contributed by atoms with E-state index in [0.29, 0.717) is 6.07 Å². The summed E-state index contributed by atoms with van der Waals surface area (Å²) < 4.78 is 48.4. The number of hydrogen-bond acceptors (Lipinski definition) is 3. The summed E-state index contributed by atoms with van der Waals surface area (Å²) in [6.45, 7) is 0.129. The van der Waals surface area contributed by atoms with Gasteiger partial charge in [-0.25, -0.2) is 17.2 Å². The number of benzene rings is 1. The second kappa shape index (κ2) is 4.24. The normalized spacial score (nSPS) is 11.7. The van der Waals surface area contributed by atoms with E-state index in [0.717, 1.165) is 12.3 Å². The first kappa shape index (κ1) is 12.1. The molecule has 0 atom stereocenters. The molecule has 0 saturated heterocycles. The van der Waals surface area contributed by atoms with Gasteiger partial charge >= 0.3 is 0 Å². The van der Waals surface area contributed by atoms with E-state index in [-0.39, 0.29) is 23.4 Å². The Morgan fingerprint density at radius 1 is 1.33 bits per heavy atom. The molecule has 0 aliphatic carbocycles. The van der Waals surface area contributed by atoms with Crippen LogP contribution in [0.3, 0.4) is 0 Å². The summed E-state index contributed by atoms with van der Waals surface area (Å²) in [7, 11) is -3.53. The molecule has 0 heterocycles. The highest BCUT2D eigenvalue weighted by molar-refractivity contribution is 7.90. The monoisotopic (exact) mass is 235 g/mol. The second-order valence-electron chi connectivity index (χ2n) is 3.19. The fourth-order valence-corrected chi connectivity index (χ4v) is 1.84. The van der Waals surface area contributed by atoms with Crippen LogP contribution in [-0.2, 0) is 16.3 Å². The van der Waals surface area contributed by atoms with Crippen molar-refractivity contribution in [3.8, 4) is 0 Å². The molecule has 1 rings (SSSR count). The van der Waals surface area contributed by atoms with E-state index in [2.05, 4.69) is 0 Å². The van der Waals surface area contributed by atoms with Crippen LogP contribution in [0.2, 0.25) is 0 Å². The van der Waals surface area contributed by atoms with Crippen molar-refractivity contribution in [1.82, 2.24) is 0 Å². The lowest BCUT2D eigenvalue weighted by Gasteiger charge is -2.05. The van der Waals surface area contributed by atoms with E-state index in [1.165, 1.54) is 0 Å². The number of halogens is 2. The van der Waals surface area contributed by atoms with E-state index in [1.807, 2.05) is 0 Å². The summed E-state index contributed by atoms with van der Waals surface area (Å²) >= 11 is 0. The summed E-state index contributed by atoms with van der Waals surface area (Å²) in [6, 6.07) is 1.78. The van der Waals surface area contributed by atoms with Gasteiger partial charge in [-0.05, 0) is 30.7 Å². The van der Waals surface area contributed by atoms with Crippen molar-refractivity contribution in [1.29, 1.82) is 0 Å². The van der Waals surface area contributed by atoms with Crippen molar-refractivity contribution in [3.05, 3.63) is 29.3 Å². The molecule has 3 nitrogen and oxygen atoms in total. The van der Waals surface area contributed by atoms with Crippen LogP contribution >= 0.6 is 0 Å². The fraction of sp³-hybridized carbons (Fsp3) is 0.333. The van der Waals surface area contributed by atoms with Crippen LogP contribution in [0.1, 0.15) is 5.56 Å². The van der Waals surface area contributed by atoms with Crippen molar-refractivity contribution in [2.24, 2.45) is 5.73 Å². The predicted octanol–water partition coefficient (Wildman–Crippen LogP) is 0.870. The molecule has 0 bridgehead atoms. The van der Waals surface area contributed by atoms with Gasteiger partial charge in [-0.1, -0.05) is 0 Å². The summed E-state index contributed by atoms with van der Waals surface area (Å²) in [5.41, 5.74) is 5.18. The first-order chi connectivity index (χ1) is 6.86. The first-order valence-electron chi connectivity index (χ1n) is 4.24. The Balaban J connectivity index is 3.36. The summed E-state index contributed by atoms with van der Waals surface area (Å²) in [5.74, 6) is -2.20. The largest absolute Gasteiger partial charge is 0.330 e. The Bertz CT molecular complexity index is 471. The van der Waals surface area contributed by atoms with Gasteiger partial charge in [0.15, 0.2) is 21.5 Å². The molecule has 1 aromatic carbocycles. The van der Waals surface area contributed by atoms with Gasteiger partial charge in [0.2, 0.25) is 0 Å². The standard InChI is InChI=1S/C9H11F2NO2S/c1-15(13,14)7-4-6(2-3-12)9(11)8(10)5-7/h4-5H,2-3,12H2,1H3. The van der Waals surface area contributed by atoms with E-state index < -0.39 is 21.5 Å². The number of nitrogens with two attached hydrogens (primary N) is 1. The molecule has 0 unspecified atom stereocenters. The minimum absolute atomic E-state index is 0.0158. The van der Waals surface area contributed by atoms with Crippen LogP contribution in [0.15, 0.2) is 17.0 Å². The van der Waals surface area contributed by atoms with E-state index in [1.54, 1.807) is 0 Å². The highest BCUT2D eigenvalue weighted by Gasteiger charge is 2.15. The lowest BCUT2D eigenvalue weighted by Crippen LogP contribution is -2.08. The Morgan fingerprint density at radius 2 is 1.93 bits per heavy atom. The van der Waals surface area contributed by atoms with E-state index in [9.17, 15) is 17.2 Å². The third-order valence-corrected chi connectivity index (χ3v) is 3.01. The molecule has 0 aliphatic rings. The van der Waals surface area contributed by atoms with Crippen molar-refractivity contribution >= 4 is 9.84 Å². The predicted molar refractivity (Wildman–Crippen MR) is 52.2 cm³/mol. The Kier molecular flexibility index (Phi) is 3.41. The molecule has 0 amide bonds. The highest BCUT2D eigenvalue weighted by atomic mass is 32.2. The molecule has 0 radical (unpaired) electrons. The van der Waals surface area contributed by atoms with Crippen LogP contribution < -0.4 is 5.73 Å². The van der Waals surface area contributed by atoms with Gasteiger partial charge in [-0.15, -0.1) is 0 Å². The molecule has 15 heavy (non-hydrogen) atoms. The smallest absolute Gasteiger partial charge is 0.175 e. The Labute approximate surface area is 86.8 Å². The maximum absolute atomic E-state index is 13.1. The van der Waals surface area contributed by atoms with Gasteiger partial charge in [0.25, 0.3) is 0 Å². The molecule has 1 aromatic rings. The average molecular weight is 235 g/mol. The number of rotatable bonds is 3. The third kappa shape index (κ3) is 2.73. The topological polar surface area (TPSA) is 60.2 Å². The van der Waals surface area contributed by atoms with Crippen molar-refractivity contribution in [3.63, 3.8) is 0 Å². The minimum atomic E-state index is -3.53. The number of hydrogen-bond donors (Lipinski definition) is 1. The quantitative estimate of drug-likeness (QED) is 0.791. The molecule has 6 heteroatoms. The average Bonchev–Trinajstić information content (AvgIpc) is 2.11. The van der Waals surface area contributed by atoms with Crippen molar-refractivity contribution < 1.29 is 17.2 Å². The maximum atomic E-state index is 13.1. The van der Waals surface area contributed by atoms with Gasteiger partial charge in [0.1, 0.15) is 0 Å². The molecule has 0 saturated carbocycles.